The van der Waals surface area contributed by atoms with E-state index in [1.807, 2.05) is 0 Å². The highest BCUT2D eigenvalue weighted by atomic mass is 35.5. The smallest absolute Gasteiger partial charge is 0.322 e. The molecule has 0 aromatic carbocycles. The number of aliphatic carboxylic acids is 1. The van der Waals surface area contributed by atoms with Crippen LogP contribution >= 0.6 is 11.6 Å². The SMILES string of the molecule is C=CC(=O)CC(Cl)C(=O)O. The van der Waals surface area contributed by atoms with Crippen LogP contribution in [0.5, 0.6) is 0 Å². The Morgan fingerprint density at radius 3 is 2.50 bits per heavy atom. The maximum atomic E-state index is 10.5. The van der Waals surface area contributed by atoms with Crippen molar-refractivity contribution in [2.45, 2.75) is 11.8 Å². The highest BCUT2D eigenvalue weighted by molar-refractivity contribution is 6.31. The van der Waals surface area contributed by atoms with Crippen molar-refractivity contribution in [2.75, 3.05) is 0 Å². The van der Waals surface area contributed by atoms with Crippen molar-refractivity contribution in [1.29, 1.82) is 0 Å². The molecule has 0 aromatic heterocycles. The van der Waals surface area contributed by atoms with Crippen LogP contribution in [0, 0.1) is 0 Å². The quantitative estimate of drug-likeness (QED) is 0.492. The summed E-state index contributed by atoms with van der Waals surface area (Å²) in [5.41, 5.74) is 0. The molecule has 1 N–H and O–H groups in total. The average Bonchev–Trinajstić information content (AvgIpc) is 1.87. The number of hydrogen-bond donors (Lipinski definition) is 1. The highest BCUT2D eigenvalue weighted by Crippen LogP contribution is 2.02. The molecule has 0 heterocycles. The molecule has 0 aromatic rings. The van der Waals surface area contributed by atoms with Gasteiger partial charge < -0.3 is 5.11 Å². The Labute approximate surface area is 63.3 Å². The number of halogens is 1. The molecule has 1 atom stereocenters. The standard InChI is InChI=1S/C6H7ClO3/c1-2-4(8)3-5(7)6(9)10/h2,5H,1,3H2,(H,9,10). The van der Waals surface area contributed by atoms with Crippen molar-refractivity contribution in [3.8, 4) is 0 Å². The molecule has 3 nitrogen and oxygen atoms in total. The van der Waals surface area contributed by atoms with Gasteiger partial charge in [0.15, 0.2) is 5.78 Å². The number of allylic oxidation sites excluding steroid dienone is 1. The zero-order chi connectivity index (χ0) is 8.15. The number of carboxylic acid groups (broad SMARTS) is 1. The third kappa shape index (κ3) is 3.25. The molecule has 0 amide bonds. The van der Waals surface area contributed by atoms with Gasteiger partial charge >= 0.3 is 5.97 Å². The molecule has 0 radical (unpaired) electrons. The Morgan fingerprint density at radius 2 is 2.20 bits per heavy atom. The lowest BCUT2D eigenvalue weighted by Crippen LogP contribution is -2.16. The normalized spacial score (nSPS) is 12.1. The van der Waals surface area contributed by atoms with Gasteiger partial charge in [0.25, 0.3) is 0 Å². The number of rotatable bonds is 4. The Bertz CT molecular complexity index is 164. The summed E-state index contributed by atoms with van der Waals surface area (Å²) in [6.45, 7) is 3.17. The summed E-state index contributed by atoms with van der Waals surface area (Å²) in [4.78, 5) is 20.5. The molecule has 0 aliphatic carbocycles. The van der Waals surface area contributed by atoms with Crippen LogP contribution in [0.1, 0.15) is 6.42 Å². The van der Waals surface area contributed by atoms with E-state index in [1.54, 1.807) is 0 Å². The zero-order valence-corrected chi connectivity index (χ0v) is 5.97. The fourth-order valence-corrected chi connectivity index (χ4v) is 0.499. The molecule has 0 saturated heterocycles. The lowest BCUT2D eigenvalue weighted by atomic mass is 10.2. The summed E-state index contributed by atoms with van der Waals surface area (Å²) < 4.78 is 0. The first kappa shape index (κ1) is 9.17. The molecule has 0 spiro atoms. The van der Waals surface area contributed by atoms with Crippen LogP contribution in [0.15, 0.2) is 12.7 Å². The second-order valence-electron chi connectivity index (χ2n) is 1.68. The third-order valence-electron chi connectivity index (χ3n) is 0.876. The molecule has 0 aliphatic heterocycles. The molecule has 0 rings (SSSR count). The first-order valence-electron chi connectivity index (χ1n) is 2.60. The zero-order valence-electron chi connectivity index (χ0n) is 5.21. The first-order valence-corrected chi connectivity index (χ1v) is 3.03. The Hall–Kier alpha value is -0.830. The number of hydrogen-bond acceptors (Lipinski definition) is 2. The molecule has 0 aliphatic rings. The summed E-state index contributed by atoms with van der Waals surface area (Å²) in [6.07, 6.45) is 0.860. The fraction of sp³-hybridized carbons (Fsp3) is 0.333. The summed E-state index contributed by atoms with van der Waals surface area (Å²) in [5.74, 6) is -1.54. The molecular formula is C6H7ClO3. The van der Waals surface area contributed by atoms with E-state index in [4.69, 9.17) is 16.7 Å². The summed E-state index contributed by atoms with van der Waals surface area (Å²) in [7, 11) is 0. The molecule has 1 unspecified atom stereocenters. The molecular weight excluding hydrogens is 156 g/mol. The van der Waals surface area contributed by atoms with E-state index < -0.39 is 11.3 Å². The summed E-state index contributed by atoms with van der Waals surface area (Å²) >= 11 is 5.22. The second-order valence-corrected chi connectivity index (χ2v) is 2.21. The minimum atomic E-state index is -1.18. The van der Waals surface area contributed by atoms with Gasteiger partial charge in [-0.2, -0.15) is 0 Å². The summed E-state index contributed by atoms with van der Waals surface area (Å²) in [6, 6.07) is 0. The van der Waals surface area contributed by atoms with Crippen LogP contribution in [0.4, 0.5) is 0 Å². The van der Waals surface area contributed by atoms with Crippen molar-refractivity contribution >= 4 is 23.4 Å². The lowest BCUT2D eigenvalue weighted by Gasteiger charge is -1.97. The van der Waals surface area contributed by atoms with Crippen LogP contribution in [0.3, 0.4) is 0 Å². The van der Waals surface area contributed by atoms with Gasteiger partial charge in [-0.05, 0) is 6.08 Å². The van der Waals surface area contributed by atoms with Crippen molar-refractivity contribution in [2.24, 2.45) is 0 Å². The Morgan fingerprint density at radius 1 is 1.70 bits per heavy atom. The number of carbonyl (C=O) groups excluding carboxylic acids is 1. The van der Waals surface area contributed by atoms with Gasteiger partial charge in [0, 0.05) is 6.42 Å². The topological polar surface area (TPSA) is 54.4 Å². The van der Waals surface area contributed by atoms with E-state index in [2.05, 4.69) is 6.58 Å². The van der Waals surface area contributed by atoms with E-state index in [-0.39, 0.29) is 12.2 Å². The van der Waals surface area contributed by atoms with Gasteiger partial charge in [-0.3, -0.25) is 9.59 Å². The maximum absolute atomic E-state index is 10.5. The van der Waals surface area contributed by atoms with Crippen molar-refractivity contribution in [1.82, 2.24) is 0 Å². The van der Waals surface area contributed by atoms with Crippen LogP contribution < -0.4 is 0 Å². The molecule has 0 saturated carbocycles. The number of alkyl halides is 1. The lowest BCUT2D eigenvalue weighted by molar-refractivity contribution is -0.137. The molecule has 4 heteroatoms. The molecule has 0 fully saturated rings. The van der Waals surface area contributed by atoms with Gasteiger partial charge in [-0.25, -0.2) is 0 Å². The van der Waals surface area contributed by atoms with Crippen LogP contribution in [-0.4, -0.2) is 22.2 Å². The predicted octanol–water partition coefficient (Wildman–Crippen LogP) is 0.824. The van der Waals surface area contributed by atoms with Gasteiger partial charge in [0.2, 0.25) is 0 Å². The van der Waals surface area contributed by atoms with Crippen molar-refractivity contribution in [3.05, 3.63) is 12.7 Å². The number of ketones is 1. The average molecular weight is 163 g/mol. The number of carboxylic acids is 1. The van der Waals surface area contributed by atoms with E-state index in [0.29, 0.717) is 0 Å². The van der Waals surface area contributed by atoms with Gasteiger partial charge in [-0.15, -0.1) is 11.6 Å². The fourth-order valence-electron chi connectivity index (χ4n) is 0.347. The summed E-state index contributed by atoms with van der Waals surface area (Å²) in [5, 5.41) is 7.07. The van der Waals surface area contributed by atoms with Gasteiger partial charge in [0.05, 0.1) is 0 Å². The molecule has 10 heavy (non-hydrogen) atoms. The van der Waals surface area contributed by atoms with E-state index in [9.17, 15) is 9.59 Å². The number of carbonyl (C=O) groups is 2. The van der Waals surface area contributed by atoms with Gasteiger partial charge in [-0.1, -0.05) is 6.58 Å². The third-order valence-corrected chi connectivity index (χ3v) is 1.22. The first-order chi connectivity index (χ1) is 4.57. The maximum Gasteiger partial charge on any atom is 0.322 e. The molecule has 0 bridgehead atoms. The van der Waals surface area contributed by atoms with E-state index >= 15 is 0 Å². The minimum absolute atomic E-state index is 0.194. The second kappa shape index (κ2) is 4.06. The van der Waals surface area contributed by atoms with Crippen LogP contribution in [0.2, 0.25) is 0 Å². The van der Waals surface area contributed by atoms with Gasteiger partial charge in [0.1, 0.15) is 5.38 Å². The van der Waals surface area contributed by atoms with E-state index in [1.165, 1.54) is 0 Å². The monoisotopic (exact) mass is 162 g/mol. The van der Waals surface area contributed by atoms with E-state index in [0.717, 1.165) is 6.08 Å². The largest absolute Gasteiger partial charge is 0.480 e. The predicted molar refractivity (Wildman–Crippen MR) is 37.1 cm³/mol. The minimum Gasteiger partial charge on any atom is -0.480 e. The van der Waals surface area contributed by atoms with Crippen molar-refractivity contribution < 1.29 is 14.7 Å². The van der Waals surface area contributed by atoms with Crippen LogP contribution in [-0.2, 0) is 9.59 Å². The van der Waals surface area contributed by atoms with Crippen LogP contribution in [0.25, 0.3) is 0 Å². The van der Waals surface area contributed by atoms with Crippen molar-refractivity contribution in [3.63, 3.8) is 0 Å². The Balaban J connectivity index is 3.79. The molecule has 56 valence electrons. The highest BCUT2D eigenvalue weighted by Gasteiger charge is 2.15. The Kier molecular flexibility index (Phi) is 3.72.